The Morgan fingerprint density at radius 2 is 1.24 bits per heavy atom. The van der Waals surface area contributed by atoms with Crippen LogP contribution in [0.15, 0.2) is 30.3 Å². The summed E-state index contributed by atoms with van der Waals surface area (Å²) in [6.45, 7) is 0. The molecule has 166 valence electrons. The number of carboxylic acid groups (broad SMARTS) is 2. The smallest absolute Gasteiger partial charge is 0.475 e. The fourth-order valence-electron chi connectivity index (χ4n) is 1.44. The third-order valence-corrected chi connectivity index (χ3v) is 2.66. The van der Waals surface area contributed by atoms with Gasteiger partial charge in [0.2, 0.25) is 5.91 Å². The molecule has 0 bridgehead atoms. The van der Waals surface area contributed by atoms with E-state index in [4.69, 9.17) is 31.3 Å². The van der Waals surface area contributed by atoms with Crippen LogP contribution < -0.4 is 11.5 Å². The predicted octanol–water partition coefficient (Wildman–Crippen LogP) is 1.58. The molecule has 0 aliphatic rings. The Morgan fingerprint density at radius 1 is 0.897 bits per heavy atom. The van der Waals surface area contributed by atoms with Gasteiger partial charge in [-0.1, -0.05) is 30.3 Å². The number of hydrogen-bond acceptors (Lipinski definition) is 5. The van der Waals surface area contributed by atoms with E-state index in [0.717, 1.165) is 5.56 Å². The van der Waals surface area contributed by atoms with Crippen LogP contribution in [-0.2, 0) is 14.4 Å². The molecule has 0 aromatic heterocycles. The van der Waals surface area contributed by atoms with Crippen LogP contribution in [-0.4, -0.2) is 51.6 Å². The summed E-state index contributed by atoms with van der Waals surface area (Å²) in [5.74, 6) is -5.96. The molecule has 0 heterocycles. The first-order chi connectivity index (χ1) is 13.0. The second kappa shape index (κ2) is 12.6. The summed E-state index contributed by atoms with van der Waals surface area (Å²) in [5.41, 5.74) is 11.5. The molecule has 29 heavy (non-hydrogen) atoms. The van der Waals surface area contributed by atoms with Gasteiger partial charge in [0.25, 0.3) is 0 Å². The highest BCUT2D eigenvalue weighted by Crippen LogP contribution is 2.18. The van der Waals surface area contributed by atoms with Crippen LogP contribution in [0, 0.1) is 0 Å². The number of carboxylic acids is 2. The van der Waals surface area contributed by atoms with E-state index in [2.05, 4.69) is 0 Å². The fraction of sp³-hybridized carbons (Fsp3) is 0.400. The van der Waals surface area contributed by atoms with E-state index in [-0.39, 0.29) is 6.42 Å². The number of aliphatic hydroxyl groups is 1. The SMILES string of the molecule is NC(=O)CC(N)C[C@H](O)c1ccccc1.O=C(O)C(F)(F)F.O=C(O)C(F)(F)F. The highest BCUT2D eigenvalue weighted by atomic mass is 19.4. The number of hydrogen-bond donors (Lipinski definition) is 5. The molecule has 1 unspecified atom stereocenters. The van der Waals surface area contributed by atoms with Crippen molar-refractivity contribution < 1.29 is 56.0 Å². The van der Waals surface area contributed by atoms with Gasteiger partial charge < -0.3 is 26.8 Å². The van der Waals surface area contributed by atoms with E-state index in [1.54, 1.807) is 0 Å². The minimum absolute atomic E-state index is 0.101. The lowest BCUT2D eigenvalue weighted by atomic mass is 10.0. The second-order valence-electron chi connectivity index (χ2n) is 5.20. The van der Waals surface area contributed by atoms with Crippen molar-refractivity contribution in [1.29, 1.82) is 0 Å². The number of aliphatic carboxylic acids is 2. The van der Waals surface area contributed by atoms with Crippen LogP contribution in [0.4, 0.5) is 26.3 Å². The van der Waals surface area contributed by atoms with Gasteiger partial charge in [0, 0.05) is 12.5 Å². The Bertz CT molecular complexity index is 627. The summed E-state index contributed by atoms with van der Waals surface area (Å²) in [6, 6.07) is 8.82. The molecule has 8 nitrogen and oxygen atoms in total. The normalized spacial score (nSPS) is 13.0. The molecule has 1 amide bonds. The number of rotatable bonds is 5. The van der Waals surface area contributed by atoms with Gasteiger partial charge in [-0.15, -0.1) is 0 Å². The molecule has 0 spiro atoms. The van der Waals surface area contributed by atoms with Gasteiger partial charge in [-0.25, -0.2) is 9.59 Å². The van der Waals surface area contributed by atoms with Gasteiger partial charge in [0.05, 0.1) is 6.10 Å². The summed E-state index contributed by atoms with van der Waals surface area (Å²) in [7, 11) is 0. The first kappa shape index (κ1) is 28.3. The predicted molar refractivity (Wildman–Crippen MR) is 85.2 cm³/mol. The lowest BCUT2D eigenvalue weighted by Crippen LogP contribution is -2.29. The number of primary amides is 1. The Balaban J connectivity index is 0. The first-order valence-corrected chi connectivity index (χ1v) is 7.35. The molecule has 0 aliphatic carbocycles. The third kappa shape index (κ3) is 15.8. The molecular formula is C15H18F6N2O6. The van der Waals surface area contributed by atoms with E-state index < -0.39 is 42.3 Å². The van der Waals surface area contributed by atoms with E-state index >= 15 is 0 Å². The third-order valence-electron chi connectivity index (χ3n) is 2.66. The van der Waals surface area contributed by atoms with Crippen molar-refractivity contribution in [2.75, 3.05) is 0 Å². The summed E-state index contributed by atoms with van der Waals surface area (Å²) in [6.07, 6.45) is -10.4. The van der Waals surface area contributed by atoms with Gasteiger partial charge in [0.15, 0.2) is 0 Å². The van der Waals surface area contributed by atoms with Crippen LogP contribution in [0.5, 0.6) is 0 Å². The van der Waals surface area contributed by atoms with Crippen LogP contribution in [0.3, 0.4) is 0 Å². The van der Waals surface area contributed by atoms with Gasteiger partial charge >= 0.3 is 24.3 Å². The summed E-state index contributed by atoms with van der Waals surface area (Å²) in [5, 5.41) is 24.0. The largest absolute Gasteiger partial charge is 0.490 e. The number of aliphatic hydroxyl groups excluding tert-OH is 1. The fourth-order valence-corrected chi connectivity index (χ4v) is 1.44. The molecule has 1 rings (SSSR count). The highest BCUT2D eigenvalue weighted by molar-refractivity contribution is 5.74. The Hall–Kier alpha value is -2.87. The molecule has 14 heteroatoms. The Labute approximate surface area is 159 Å². The molecular weight excluding hydrogens is 418 g/mol. The highest BCUT2D eigenvalue weighted by Gasteiger charge is 2.38. The van der Waals surface area contributed by atoms with Crippen LogP contribution >= 0.6 is 0 Å². The molecule has 0 saturated carbocycles. The molecule has 0 aliphatic heterocycles. The van der Waals surface area contributed by atoms with Crippen LogP contribution in [0.25, 0.3) is 0 Å². The van der Waals surface area contributed by atoms with Crippen molar-refractivity contribution in [1.82, 2.24) is 0 Å². The van der Waals surface area contributed by atoms with Crippen molar-refractivity contribution in [3.8, 4) is 0 Å². The number of carbonyl (C=O) groups excluding carboxylic acids is 1. The zero-order chi connectivity index (χ0) is 23.4. The minimum Gasteiger partial charge on any atom is -0.475 e. The summed E-state index contributed by atoms with van der Waals surface area (Å²) >= 11 is 0. The van der Waals surface area contributed by atoms with E-state index in [1.807, 2.05) is 30.3 Å². The number of benzene rings is 1. The summed E-state index contributed by atoms with van der Waals surface area (Å²) in [4.78, 5) is 28.4. The van der Waals surface area contributed by atoms with E-state index in [9.17, 15) is 36.2 Å². The summed E-state index contributed by atoms with van der Waals surface area (Å²) < 4.78 is 63.5. The van der Waals surface area contributed by atoms with Crippen molar-refractivity contribution in [2.24, 2.45) is 11.5 Å². The molecule has 1 aromatic carbocycles. The van der Waals surface area contributed by atoms with Crippen molar-refractivity contribution in [2.45, 2.75) is 37.3 Å². The number of halogens is 6. The Kier molecular flexibility index (Phi) is 12.3. The topological polar surface area (TPSA) is 164 Å². The molecule has 1 aromatic rings. The number of amides is 1. The van der Waals surface area contributed by atoms with E-state index in [0.29, 0.717) is 6.42 Å². The maximum absolute atomic E-state index is 10.6. The zero-order valence-electron chi connectivity index (χ0n) is 14.4. The number of carbonyl (C=O) groups is 3. The maximum Gasteiger partial charge on any atom is 0.490 e. The number of nitrogens with two attached hydrogens (primary N) is 2. The van der Waals surface area contributed by atoms with Gasteiger partial charge in [-0.2, -0.15) is 26.3 Å². The average Bonchev–Trinajstić information content (AvgIpc) is 2.54. The zero-order valence-corrected chi connectivity index (χ0v) is 14.4. The molecule has 7 N–H and O–H groups in total. The van der Waals surface area contributed by atoms with Crippen molar-refractivity contribution in [3.05, 3.63) is 35.9 Å². The first-order valence-electron chi connectivity index (χ1n) is 7.35. The van der Waals surface area contributed by atoms with E-state index in [1.165, 1.54) is 0 Å². The maximum atomic E-state index is 10.6. The van der Waals surface area contributed by atoms with Crippen molar-refractivity contribution >= 4 is 17.8 Å². The minimum atomic E-state index is -5.08. The van der Waals surface area contributed by atoms with Crippen LogP contribution in [0.1, 0.15) is 24.5 Å². The standard InChI is InChI=1S/C11H16N2O2.2C2HF3O2/c12-9(7-11(13)15)6-10(14)8-4-2-1-3-5-8;2*3-2(4,5)1(6)7/h1-5,9-10,14H,6-7,12H2,(H2,13,15);2*(H,6,7)/t9?,10-;;/m0../s1. The monoisotopic (exact) mass is 436 g/mol. The molecule has 2 atom stereocenters. The Morgan fingerprint density at radius 3 is 1.52 bits per heavy atom. The van der Waals surface area contributed by atoms with Crippen molar-refractivity contribution in [3.63, 3.8) is 0 Å². The quantitative estimate of drug-likeness (QED) is 0.437. The second-order valence-corrected chi connectivity index (χ2v) is 5.20. The molecule has 0 fully saturated rings. The van der Waals surface area contributed by atoms with Gasteiger partial charge in [-0.05, 0) is 12.0 Å². The molecule has 0 saturated heterocycles. The van der Waals surface area contributed by atoms with Gasteiger partial charge in [-0.3, -0.25) is 4.79 Å². The average molecular weight is 436 g/mol. The lowest BCUT2D eigenvalue weighted by Gasteiger charge is -2.15. The lowest BCUT2D eigenvalue weighted by molar-refractivity contribution is -0.193. The molecule has 0 radical (unpaired) electrons. The number of alkyl halides is 6. The van der Waals surface area contributed by atoms with Crippen LogP contribution in [0.2, 0.25) is 0 Å². The van der Waals surface area contributed by atoms with Gasteiger partial charge in [0.1, 0.15) is 0 Å².